The van der Waals surface area contributed by atoms with E-state index in [-0.39, 0.29) is 5.91 Å². The van der Waals surface area contributed by atoms with Gasteiger partial charge in [0.25, 0.3) is 5.91 Å². The lowest BCUT2D eigenvalue weighted by Crippen LogP contribution is -2.44. The summed E-state index contributed by atoms with van der Waals surface area (Å²) in [6.45, 7) is 1.61. The molecule has 5 heteroatoms. The summed E-state index contributed by atoms with van der Waals surface area (Å²) in [6.07, 6.45) is 2.05. The fourth-order valence-corrected chi connectivity index (χ4v) is 2.55. The highest BCUT2D eigenvalue weighted by atomic mass is 16.2. The van der Waals surface area contributed by atoms with Crippen molar-refractivity contribution in [2.75, 3.05) is 32.6 Å². The van der Waals surface area contributed by atoms with Crippen molar-refractivity contribution in [2.24, 2.45) is 5.84 Å². The van der Waals surface area contributed by atoms with Crippen LogP contribution >= 0.6 is 0 Å². The molecule has 0 radical (unpaired) electrons. The largest absolute Gasteiger partial charge is 0.338 e. The Morgan fingerprint density at radius 3 is 2.53 bits per heavy atom. The fourth-order valence-electron chi connectivity index (χ4n) is 2.55. The van der Waals surface area contributed by atoms with E-state index in [1.807, 2.05) is 29.2 Å². The van der Waals surface area contributed by atoms with Crippen molar-refractivity contribution < 1.29 is 4.79 Å². The Morgan fingerprint density at radius 1 is 1.32 bits per heavy atom. The highest BCUT2D eigenvalue weighted by Gasteiger charge is 2.25. The molecular formula is C14H22N4O. The first-order valence-electron chi connectivity index (χ1n) is 6.65. The van der Waals surface area contributed by atoms with E-state index in [2.05, 4.69) is 24.4 Å². The number of carbonyl (C=O) groups is 1. The molecule has 1 aliphatic heterocycles. The quantitative estimate of drug-likeness (QED) is 0.633. The SMILES string of the molecule is CN(C)C1CCN(C(=O)c2ccccc2NN)CC1. The number of hydrogen-bond donors (Lipinski definition) is 2. The van der Waals surface area contributed by atoms with E-state index in [1.54, 1.807) is 0 Å². The van der Waals surface area contributed by atoms with Crippen LogP contribution in [0.25, 0.3) is 0 Å². The van der Waals surface area contributed by atoms with Crippen LogP contribution in [-0.2, 0) is 0 Å². The van der Waals surface area contributed by atoms with Gasteiger partial charge in [0, 0.05) is 19.1 Å². The number of anilines is 1. The topological polar surface area (TPSA) is 61.6 Å². The van der Waals surface area contributed by atoms with Gasteiger partial charge in [-0.1, -0.05) is 12.1 Å². The lowest BCUT2D eigenvalue weighted by atomic mass is 10.0. The molecule has 1 heterocycles. The van der Waals surface area contributed by atoms with Gasteiger partial charge < -0.3 is 15.2 Å². The summed E-state index contributed by atoms with van der Waals surface area (Å²) < 4.78 is 0. The van der Waals surface area contributed by atoms with E-state index in [9.17, 15) is 4.79 Å². The van der Waals surface area contributed by atoms with Crippen molar-refractivity contribution in [1.29, 1.82) is 0 Å². The summed E-state index contributed by atoms with van der Waals surface area (Å²) in [7, 11) is 4.19. The number of likely N-dealkylation sites (tertiary alicyclic amines) is 1. The summed E-state index contributed by atoms with van der Waals surface area (Å²) in [4.78, 5) is 16.6. The molecular weight excluding hydrogens is 240 g/mol. The third-order valence-electron chi connectivity index (χ3n) is 3.79. The molecule has 0 spiro atoms. The molecule has 1 saturated heterocycles. The summed E-state index contributed by atoms with van der Waals surface area (Å²) >= 11 is 0. The second-order valence-electron chi connectivity index (χ2n) is 5.18. The number of piperidine rings is 1. The van der Waals surface area contributed by atoms with Crippen molar-refractivity contribution in [3.8, 4) is 0 Å². The molecule has 1 fully saturated rings. The fraction of sp³-hybridized carbons (Fsp3) is 0.500. The number of amides is 1. The zero-order valence-corrected chi connectivity index (χ0v) is 11.6. The molecule has 19 heavy (non-hydrogen) atoms. The van der Waals surface area contributed by atoms with Gasteiger partial charge in [0.15, 0.2) is 0 Å². The zero-order valence-electron chi connectivity index (χ0n) is 11.6. The third kappa shape index (κ3) is 3.05. The Balaban J connectivity index is 2.05. The van der Waals surface area contributed by atoms with Gasteiger partial charge in [-0.3, -0.25) is 10.6 Å². The van der Waals surface area contributed by atoms with Crippen LogP contribution in [0, 0.1) is 0 Å². The molecule has 104 valence electrons. The molecule has 0 aliphatic carbocycles. The van der Waals surface area contributed by atoms with Crippen LogP contribution in [0.4, 0.5) is 5.69 Å². The first-order chi connectivity index (χ1) is 9.13. The van der Waals surface area contributed by atoms with Crippen molar-refractivity contribution in [3.05, 3.63) is 29.8 Å². The first-order valence-corrected chi connectivity index (χ1v) is 6.65. The minimum atomic E-state index is 0.0609. The summed E-state index contributed by atoms with van der Waals surface area (Å²) in [5.74, 6) is 5.51. The Morgan fingerprint density at radius 2 is 1.95 bits per heavy atom. The lowest BCUT2D eigenvalue weighted by molar-refractivity contribution is 0.0664. The third-order valence-corrected chi connectivity index (χ3v) is 3.79. The maximum atomic E-state index is 12.5. The van der Waals surface area contributed by atoms with Gasteiger partial charge in [0.2, 0.25) is 0 Å². The molecule has 2 rings (SSSR count). The molecule has 0 atom stereocenters. The van der Waals surface area contributed by atoms with Crippen molar-refractivity contribution in [3.63, 3.8) is 0 Å². The average molecular weight is 262 g/mol. The average Bonchev–Trinajstić information content (AvgIpc) is 2.46. The minimum absolute atomic E-state index is 0.0609. The van der Waals surface area contributed by atoms with Crippen LogP contribution in [0.15, 0.2) is 24.3 Å². The number of nitrogens with zero attached hydrogens (tertiary/aromatic N) is 2. The number of hydrazine groups is 1. The van der Waals surface area contributed by atoms with Gasteiger partial charge in [0.05, 0.1) is 11.3 Å². The van der Waals surface area contributed by atoms with Crippen LogP contribution in [0.5, 0.6) is 0 Å². The molecule has 5 nitrogen and oxygen atoms in total. The number of nitrogen functional groups attached to an aromatic ring is 1. The number of rotatable bonds is 3. The number of nitrogens with one attached hydrogen (secondary N) is 1. The highest BCUT2D eigenvalue weighted by Crippen LogP contribution is 2.20. The van der Waals surface area contributed by atoms with E-state index in [4.69, 9.17) is 5.84 Å². The van der Waals surface area contributed by atoms with Gasteiger partial charge in [0.1, 0.15) is 0 Å². The standard InChI is InChI=1S/C14H22N4O/c1-17(2)11-7-9-18(10-8-11)14(19)12-5-3-4-6-13(12)16-15/h3-6,11,16H,7-10,15H2,1-2H3. The summed E-state index contributed by atoms with van der Waals surface area (Å²) in [5.41, 5.74) is 3.92. The second-order valence-corrected chi connectivity index (χ2v) is 5.18. The van der Waals surface area contributed by atoms with Crippen molar-refractivity contribution in [2.45, 2.75) is 18.9 Å². The monoisotopic (exact) mass is 262 g/mol. The van der Waals surface area contributed by atoms with E-state index < -0.39 is 0 Å². The number of benzene rings is 1. The van der Waals surface area contributed by atoms with Crippen LogP contribution in [0.1, 0.15) is 23.2 Å². The van der Waals surface area contributed by atoms with Gasteiger partial charge >= 0.3 is 0 Å². The number of hydrogen-bond acceptors (Lipinski definition) is 4. The predicted molar refractivity (Wildman–Crippen MR) is 76.9 cm³/mol. The van der Waals surface area contributed by atoms with Gasteiger partial charge in [-0.15, -0.1) is 0 Å². The van der Waals surface area contributed by atoms with Crippen molar-refractivity contribution >= 4 is 11.6 Å². The van der Waals surface area contributed by atoms with Crippen molar-refractivity contribution in [1.82, 2.24) is 9.80 Å². The summed E-state index contributed by atoms with van der Waals surface area (Å²) in [5, 5.41) is 0. The molecule has 1 aromatic carbocycles. The Hall–Kier alpha value is -1.59. The molecule has 0 unspecified atom stereocenters. The van der Waals surface area contributed by atoms with Crippen LogP contribution in [-0.4, -0.2) is 48.9 Å². The lowest BCUT2D eigenvalue weighted by Gasteiger charge is -2.35. The van der Waals surface area contributed by atoms with Gasteiger partial charge in [-0.2, -0.15) is 0 Å². The Bertz CT molecular complexity index is 439. The number of nitrogens with two attached hydrogens (primary N) is 1. The molecule has 1 aromatic rings. The van der Waals surface area contributed by atoms with Crippen LogP contribution < -0.4 is 11.3 Å². The van der Waals surface area contributed by atoms with Crippen LogP contribution in [0.3, 0.4) is 0 Å². The maximum absolute atomic E-state index is 12.5. The van der Waals surface area contributed by atoms with Gasteiger partial charge in [-0.25, -0.2) is 0 Å². The molecule has 0 aromatic heterocycles. The summed E-state index contributed by atoms with van der Waals surface area (Å²) in [6, 6.07) is 7.94. The van der Waals surface area contributed by atoms with E-state index >= 15 is 0 Å². The Labute approximate surface area is 114 Å². The van der Waals surface area contributed by atoms with E-state index in [0.717, 1.165) is 25.9 Å². The molecule has 0 saturated carbocycles. The van der Waals surface area contributed by atoms with Crippen LogP contribution in [0.2, 0.25) is 0 Å². The second kappa shape index (κ2) is 6.04. The molecule has 3 N–H and O–H groups in total. The number of para-hydroxylation sites is 1. The van der Waals surface area contributed by atoms with Gasteiger partial charge in [-0.05, 0) is 39.1 Å². The molecule has 1 amide bonds. The van der Waals surface area contributed by atoms with E-state index in [0.29, 0.717) is 17.3 Å². The first kappa shape index (κ1) is 13.8. The highest BCUT2D eigenvalue weighted by molar-refractivity contribution is 5.99. The smallest absolute Gasteiger partial charge is 0.256 e. The zero-order chi connectivity index (χ0) is 13.8. The molecule has 1 aliphatic rings. The minimum Gasteiger partial charge on any atom is -0.338 e. The predicted octanol–water partition coefficient (Wildman–Crippen LogP) is 1.14. The Kier molecular flexibility index (Phi) is 4.39. The molecule has 0 bridgehead atoms. The maximum Gasteiger partial charge on any atom is 0.256 e. The normalized spacial score (nSPS) is 16.7. The number of carbonyl (C=O) groups excluding carboxylic acids is 1. The van der Waals surface area contributed by atoms with E-state index in [1.165, 1.54) is 0 Å².